The summed E-state index contributed by atoms with van der Waals surface area (Å²) in [6.07, 6.45) is 5.04. The third kappa shape index (κ3) is 4.85. The Kier molecular flexibility index (Phi) is 6.50. The van der Waals surface area contributed by atoms with Crippen LogP contribution in [-0.4, -0.2) is 35.4 Å². The lowest BCUT2D eigenvalue weighted by Gasteiger charge is -2.52. The monoisotopic (exact) mass is 380 g/mol. The molecule has 3 rings (SSSR count). The van der Waals surface area contributed by atoms with Gasteiger partial charge in [-0.3, -0.25) is 9.59 Å². The summed E-state index contributed by atoms with van der Waals surface area (Å²) in [4.78, 5) is 23.4. The highest BCUT2D eigenvalue weighted by Gasteiger charge is 2.48. The molecule has 1 saturated heterocycles. The third-order valence-electron chi connectivity index (χ3n) is 7.43. The molecule has 3 aliphatic rings. The molecule has 5 nitrogen and oxygen atoms in total. The minimum absolute atomic E-state index is 0.00990. The summed E-state index contributed by atoms with van der Waals surface area (Å²) in [6, 6.07) is 0. The number of carbonyl (C=O) groups excluding carboxylic acids is 2. The van der Waals surface area contributed by atoms with Gasteiger partial charge in [0.05, 0.1) is 12.5 Å². The second-order valence-electron chi connectivity index (χ2n) is 9.58. The van der Waals surface area contributed by atoms with Gasteiger partial charge in [-0.15, -0.1) is 0 Å². The molecule has 0 aromatic carbocycles. The van der Waals surface area contributed by atoms with Crippen LogP contribution in [0.1, 0.15) is 72.6 Å². The number of aliphatic hydroxyl groups excluding tert-OH is 1. The van der Waals surface area contributed by atoms with Crippen LogP contribution in [0.5, 0.6) is 0 Å². The largest absolute Gasteiger partial charge is 0.462 e. The summed E-state index contributed by atoms with van der Waals surface area (Å²) < 4.78 is 11.3. The van der Waals surface area contributed by atoms with E-state index in [2.05, 4.69) is 20.8 Å². The van der Waals surface area contributed by atoms with Gasteiger partial charge in [0.15, 0.2) is 0 Å². The van der Waals surface area contributed by atoms with Crippen molar-refractivity contribution >= 4 is 11.9 Å². The molecule has 1 aliphatic heterocycles. The first-order valence-corrected chi connectivity index (χ1v) is 10.8. The van der Waals surface area contributed by atoms with Crippen molar-refractivity contribution in [3.8, 4) is 0 Å². The fourth-order valence-electron chi connectivity index (χ4n) is 6.18. The van der Waals surface area contributed by atoms with E-state index in [4.69, 9.17) is 9.47 Å². The van der Waals surface area contributed by atoms with Gasteiger partial charge in [-0.2, -0.15) is 0 Å². The van der Waals surface area contributed by atoms with E-state index in [1.54, 1.807) is 0 Å². The van der Waals surface area contributed by atoms with Gasteiger partial charge >= 0.3 is 11.9 Å². The van der Waals surface area contributed by atoms with Gasteiger partial charge in [-0.1, -0.05) is 20.8 Å². The molecule has 27 heavy (non-hydrogen) atoms. The van der Waals surface area contributed by atoms with Crippen molar-refractivity contribution in [2.24, 2.45) is 35.5 Å². The predicted octanol–water partition coefficient (Wildman–Crippen LogP) is 3.72. The Bertz CT molecular complexity index is 547. The summed E-state index contributed by atoms with van der Waals surface area (Å²) in [7, 11) is 0. The fourth-order valence-corrected chi connectivity index (χ4v) is 6.18. The van der Waals surface area contributed by atoms with E-state index in [1.807, 2.05) is 0 Å². The number of rotatable bonds is 4. The van der Waals surface area contributed by atoms with Crippen molar-refractivity contribution in [1.29, 1.82) is 0 Å². The van der Waals surface area contributed by atoms with Crippen molar-refractivity contribution in [3.05, 3.63) is 0 Å². The van der Waals surface area contributed by atoms with E-state index >= 15 is 0 Å². The second-order valence-corrected chi connectivity index (χ2v) is 9.58. The minimum atomic E-state index is -0.573. The van der Waals surface area contributed by atoms with Crippen molar-refractivity contribution in [2.75, 3.05) is 0 Å². The molecular formula is C22H36O5. The molecule has 2 saturated carbocycles. The predicted molar refractivity (Wildman–Crippen MR) is 102 cm³/mol. The van der Waals surface area contributed by atoms with Gasteiger partial charge < -0.3 is 14.6 Å². The molecule has 154 valence electrons. The lowest BCUT2D eigenvalue weighted by molar-refractivity contribution is -0.165. The molecule has 9 unspecified atom stereocenters. The number of carbonyl (C=O) groups is 2. The molecule has 0 spiro atoms. The number of esters is 2. The maximum Gasteiger partial charge on any atom is 0.308 e. The van der Waals surface area contributed by atoms with Gasteiger partial charge in [0, 0.05) is 19.3 Å². The Morgan fingerprint density at radius 2 is 1.89 bits per heavy atom. The number of ether oxygens (including phenoxy) is 2. The highest BCUT2D eigenvalue weighted by atomic mass is 16.5. The average Bonchev–Trinajstić information content (AvgIpc) is 2.54. The highest BCUT2D eigenvalue weighted by molar-refractivity contribution is 5.70. The van der Waals surface area contributed by atoms with Gasteiger partial charge in [0.1, 0.15) is 12.2 Å². The maximum atomic E-state index is 11.7. The van der Waals surface area contributed by atoms with E-state index in [0.29, 0.717) is 41.9 Å². The third-order valence-corrected chi connectivity index (χ3v) is 7.43. The normalized spacial score (nSPS) is 44.9. The van der Waals surface area contributed by atoms with Crippen LogP contribution in [0.2, 0.25) is 0 Å². The number of cyclic esters (lactones) is 1. The maximum absolute atomic E-state index is 11.7. The zero-order valence-electron chi connectivity index (χ0n) is 17.2. The first kappa shape index (κ1) is 20.6. The topological polar surface area (TPSA) is 72.8 Å². The van der Waals surface area contributed by atoms with Crippen LogP contribution in [0.15, 0.2) is 0 Å². The lowest BCUT2D eigenvalue weighted by atomic mass is 9.55. The minimum Gasteiger partial charge on any atom is -0.462 e. The SMILES string of the molecule is CC(=O)OC1CC(C)CC2CC(C)C(C)C(CCC3CC(O)CC(=O)O3)C21. The van der Waals surface area contributed by atoms with Crippen molar-refractivity contribution in [3.63, 3.8) is 0 Å². The molecule has 2 aliphatic carbocycles. The molecule has 0 bridgehead atoms. The summed E-state index contributed by atoms with van der Waals surface area (Å²) in [6.45, 7) is 8.46. The second kappa shape index (κ2) is 8.50. The molecule has 0 aromatic heterocycles. The zero-order valence-corrected chi connectivity index (χ0v) is 17.2. The number of fused-ring (bicyclic) bond motifs is 1. The molecule has 5 heteroatoms. The number of hydrogen-bond acceptors (Lipinski definition) is 5. The van der Waals surface area contributed by atoms with Crippen LogP contribution < -0.4 is 0 Å². The Morgan fingerprint density at radius 3 is 2.56 bits per heavy atom. The molecule has 0 amide bonds. The zero-order chi connectivity index (χ0) is 19.7. The van der Waals surface area contributed by atoms with Crippen LogP contribution in [0.25, 0.3) is 0 Å². The first-order valence-electron chi connectivity index (χ1n) is 10.8. The van der Waals surface area contributed by atoms with Crippen LogP contribution >= 0.6 is 0 Å². The van der Waals surface area contributed by atoms with E-state index in [-0.39, 0.29) is 30.6 Å². The Labute approximate surface area is 163 Å². The summed E-state index contributed by atoms with van der Waals surface area (Å²) in [5.74, 6) is 2.81. The van der Waals surface area contributed by atoms with E-state index in [9.17, 15) is 14.7 Å². The Balaban J connectivity index is 1.73. The average molecular weight is 381 g/mol. The molecule has 1 N–H and O–H groups in total. The van der Waals surface area contributed by atoms with Gasteiger partial charge in [-0.05, 0) is 61.7 Å². The molecule has 0 radical (unpaired) electrons. The summed E-state index contributed by atoms with van der Waals surface area (Å²) >= 11 is 0. The van der Waals surface area contributed by atoms with Crippen LogP contribution in [0.3, 0.4) is 0 Å². The fraction of sp³-hybridized carbons (Fsp3) is 0.909. The quantitative estimate of drug-likeness (QED) is 0.753. The van der Waals surface area contributed by atoms with E-state index < -0.39 is 6.10 Å². The van der Waals surface area contributed by atoms with Gasteiger partial charge in [0.2, 0.25) is 0 Å². The molecule has 1 heterocycles. The van der Waals surface area contributed by atoms with Gasteiger partial charge in [0.25, 0.3) is 0 Å². The van der Waals surface area contributed by atoms with Crippen molar-refractivity contribution < 1.29 is 24.2 Å². The Morgan fingerprint density at radius 1 is 1.15 bits per heavy atom. The van der Waals surface area contributed by atoms with Crippen LogP contribution in [0, 0.1) is 35.5 Å². The molecule has 0 aromatic rings. The summed E-state index contributed by atoms with van der Waals surface area (Å²) in [5, 5.41) is 9.88. The van der Waals surface area contributed by atoms with Crippen molar-refractivity contribution in [1.82, 2.24) is 0 Å². The van der Waals surface area contributed by atoms with E-state index in [1.165, 1.54) is 19.8 Å². The number of aliphatic hydroxyl groups is 1. The lowest BCUT2D eigenvalue weighted by Crippen LogP contribution is -2.49. The standard InChI is InChI=1S/C22H36O5/c1-12-7-16-9-13(2)14(3)19(22(16)20(8-12)26-15(4)23)6-5-18-10-17(24)11-21(25)27-18/h12-14,16-20,22,24H,5-11H2,1-4H3. The molecule has 9 atom stereocenters. The highest BCUT2D eigenvalue weighted by Crippen LogP contribution is 2.52. The van der Waals surface area contributed by atoms with Crippen LogP contribution in [-0.2, 0) is 19.1 Å². The van der Waals surface area contributed by atoms with Gasteiger partial charge in [-0.25, -0.2) is 0 Å². The molecular weight excluding hydrogens is 344 g/mol. The first-order chi connectivity index (χ1) is 12.7. The van der Waals surface area contributed by atoms with E-state index in [0.717, 1.165) is 19.3 Å². The van der Waals surface area contributed by atoms with Crippen LogP contribution in [0.4, 0.5) is 0 Å². The van der Waals surface area contributed by atoms with Crippen molar-refractivity contribution in [2.45, 2.75) is 91.0 Å². The number of hydrogen-bond donors (Lipinski definition) is 1. The molecule has 3 fully saturated rings. The smallest absolute Gasteiger partial charge is 0.308 e. The Hall–Kier alpha value is -1.10. The summed E-state index contributed by atoms with van der Waals surface area (Å²) in [5.41, 5.74) is 0.